The number of carbonyl (C=O) groups is 1. The Kier molecular flexibility index (Phi) is 6.04. The second-order valence-corrected chi connectivity index (χ2v) is 10.2. The van der Waals surface area contributed by atoms with Crippen molar-refractivity contribution in [1.29, 1.82) is 0 Å². The van der Waals surface area contributed by atoms with Gasteiger partial charge in [0.05, 0.1) is 32.7 Å². The molecule has 1 fully saturated rings. The maximum absolute atomic E-state index is 12.8. The molecule has 0 aliphatic heterocycles. The molecule has 0 atom stereocenters. The van der Waals surface area contributed by atoms with E-state index in [9.17, 15) is 26.4 Å². The molecule has 12 heteroatoms. The van der Waals surface area contributed by atoms with Crippen LogP contribution in [0.1, 0.15) is 34.5 Å². The quantitative estimate of drug-likeness (QED) is 0.509. The molecule has 1 aromatic heterocycles. The molecule has 4 rings (SSSR count). The van der Waals surface area contributed by atoms with Crippen LogP contribution in [-0.2, 0) is 29.7 Å². The van der Waals surface area contributed by atoms with Gasteiger partial charge in [-0.1, -0.05) is 17.7 Å². The first-order valence-electron chi connectivity index (χ1n) is 10.1. The Labute approximate surface area is 193 Å². The lowest BCUT2D eigenvalue weighted by Crippen LogP contribution is -2.33. The van der Waals surface area contributed by atoms with Gasteiger partial charge < -0.3 is 5.32 Å². The molecule has 3 aromatic rings. The van der Waals surface area contributed by atoms with Gasteiger partial charge in [0, 0.05) is 31.0 Å². The van der Waals surface area contributed by atoms with Gasteiger partial charge in [-0.3, -0.25) is 9.48 Å². The maximum atomic E-state index is 12.8. The van der Waals surface area contributed by atoms with E-state index in [0.29, 0.717) is 42.7 Å². The first-order valence-corrected chi connectivity index (χ1v) is 12.0. The van der Waals surface area contributed by atoms with E-state index < -0.39 is 32.9 Å². The zero-order valence-corrected chi connectivity index (χ0v) is 19.0. The molecule has 0 spiro atoms. The fourth-order valence-corrected chi connectivity index (χ4v) is 5.01. The monoisotopic (exact) mass is 500 g/mol. The van der Waals surface area contributed by atoms with E-state index in [2.05, 4.69) is 15.1 Å². The van der Waals surface area contributed by atoms with Crippen molar-refractivity contribution in [1.82, 2.24) is 14.5 Å². The Balaban J connectivity index is 1.45. The summed E-state index contributed by atoms with van der Waals surface area (Å²) in [6, 6.07) is 7.91. The number of amides is 1. The Hall–Kier alpha value is -2.79. The highest BCUT2D eigenvalue weighted by Gasteiger charge is 2.37. The fourth-order valence-electron chi connectivity index (χ4n) is 3.46. The smallest absolute Gasteiger partial charge is 0.383 e. The molecule has 2 N–H and O–H groups in total. The summed E-state index contributed by atoms with van der Waals surface area (Å²) in [5.74, 6) is -0.690. The average molecular weight is 501 g/mol. The van der Waals surface area contributed by atoms with Crippen molar-refractivity contribution in [3.63, 3.8) is 0 Å². The summed E-state index contributed by atoms with van der Waals surface area (Å²) in [4.78, 5) is 12.4. The minimum absolute atomic E-state index is 0.0347. The highest BCUT2D eigenvalue weighted by Crippen LogP contribution is 2.34. The Bertz CT molecular complexity index is 1330. The van der Waals surface area contributed by atoms with Gasteiger partial charge in [0.25, 0.3) is 5.91 Å². The van der Waals surface area contributed by atoms with Crippen LogP contribution in [0.2, 0.25) is 5.02 Å². The lowest BCUT2D eigenvalue weighted by Gasteiger charge is -2.11. The molecule has 0 bridgehead atoms. The minimum Gasteiger partial charge on any atom is -0.383 e. The second kappa shape index (κ2) is 8.53. The Morgan fingerprint density at radius 1 is 1.21 bits per heavy atom. The molecule has 1 saturated carbocycles. The number of aryl methyl sites for hydroxylation is 1. The molecule has 7 nitrogen and oxygen atoms in total. The summed E-state index contributed by atoms with van der Waals surface area (Å²) >= 11 is 5.97. The number of carbonyl (C=O) groups excluding carboxylic acids is 1. The van der Waals surface area contributed by atoms with Crippen LogP contribution < -0.4 is 10.0 Å². The maximum Gasteiger partial charge on any atom is 0.416 e. The van der Waals surface area contributed by atoms with E-state index in [0.717, 1.165) is 17.5 Å². The van der Waals surface area contributed by atoms with Crippen LogP contribution in [0.5, 0.6) is 0 Å². The van der Waals surface area contributed by atoms with Gasteiger partial charge in [-0.25, -0.2) is 13.1 Å². The summed E-state index contributed by atoms with van der Waals surface area (Å²) in [5, 5.41) is 7.70. The number of fused-ring (bicyclic) bond motifs is 1. The molecule has 0 radical (unpaired) electrons. The number of alkyl halides is 3. The molecule has 1 aliphatic carbocycles. The summed E-state index contributed by atoms with van der Waals surface area (Å²) in [7, 11) is -1.95. The predicted molar refractivity (Wildman–Crippen MR) is 119 cm³/mol. The predicted octanol–water partition coefficient (Wildman–Crippen LogP) is 4.12. The third-order valence-corrected chi connectivity index (χ3v) is 7.49. The number of halogens is 4. The molecule has 1 amide bonds. The minimum atomic E-state index is -4.47. The molecular weight excluding hydrogens is 481 g/mol. The van der Waals surface area contributed by atoms with E-state index in [1.54, 1.807) is 23.9 Å². The number of rotatable bonds is 7. The number of hydrogen-bond acceptors (Lipinski definition) is 5. The topological polar surface area (TPSA) is 93.1 Å². The third-order valence-electron chi connectivity index (χ3n) is 5.36. The van der Waals surface area contributed by atoms with Gasteiger partial charge in [-0.2, -0.15) is 18.3 Å². The lowest BCUT2D eigenvalue weighted by atomic mass is 10.1. The first-order chi connectivity index (χ1) is 15.5. The zero-order valence-electron chi connectivity index (χ0n) is 17.4. The largest absolute Gasteiger partial charge is 0.416 e. The molecule has 1 aliphatic rings. The number of benzene rings is 2. The fraction of sp³-hybridized carbons (Fsp3) is 0.333. The van der Waals surface area contributed by atoms with Crippen molar-refractivity contribution in [3.05, 3.63) is 58.2 Å². The summed E-state index contributed by atoms with van der Waals surface area (Å²) in [6.45, 7) is 0.360. The van der Waals surface area contributed by atoms with Crippen molar-refractivity contribution < 1.29 is 26.4 Å². The van der Waals surface area contributed by atoms with Crippen molar-refractivity contribution in [2.45, 2.75) is 30.7 Å². The van der Waals surface area contributed by atoms with E-state index >= 15 is 0 Å². The average Bonchev–Trinajstić information content (AvgIpc) is 3.54. The number of aromatic nitrogens is 2. The van der Waals surface area contributed by atoms with Gasteiger partial charge >= 0.3 is 6.18 Å². The first kappa shape index (κ1) is 23.4. The Morgan fingerprint density at radius 3 is 2.58 bits per heavy atom. The van der Waals surface area contributed by atoms with Crippen LogP contribution in [0.4, 0.5) is 18.9 Å². The van der Waals surface area contributed by atoms with E-state index in [1.807, 2.05) is 0 Å². The summed E-state index contributed by atoms with van der Waals surface area (Å²) in [5.41, 5.74) is 1.12. The van der Waals surface area contributed by atoms with Crippen LogP contribution in [0, 0.1) is 0 Å². The van der Waals surface area contributed by atoms with Gasteiger partial charge in [0.2, 0.25) is 10.0 Å². The summed E-state index contributed by atoms with van der Waals surface area (Å²) in [6.07, 6.45) is -2.92. The zero-order chi connectivity index (χ0) is 24.0. The number of sulfonamides is 1. The van der Waals surface area contributed by atoms with Crippen LogP contribution in [0.15, 0.2) is 36.4 Å². The second-order valence-electron chi connectivity index (χ2n) is 7.85. The highest BCUT2D eigenvalue weighted by atomic mass is 35.5. The van der Waals surface area contributed by atoms with E-state index in [4.69, 9.17) is 11.6 Å². The van der Waals surface area contributed by atoms with Gasteiger partial charge in [-0.05, 0) is 43.2 Å². The Morgan fingerprint density at radius 2 is 1.94 bits per heavy atom. The van der Waals surface area contributed by atoms with E-state index in [1.165, 1.54) is 12.1 Å². The number of anilines is 1. The van der Waals surface area contributed by atoms with Crippen molar-refractivity contribution in [2.24, 2.45) is 7.05 Å². The molecule has 0 unspecified atom stereocenters. The SMILES string of the molecule is Cn1nc(CCNc2ccc(C(F)(F)F)cc2Cl)c2ccc(C(=O)NS(=O)(=O)C3CC3)cc21. The normalized spacial score (nSPS) is 14.5. The molecule has 176 valence electrons. The highest BCUT2D eigenvalue weighted by molar-refractivity contribution is 7.91. The van der Waals surface area contributed by atoms with Crippen molar-refractivity contribution >= 4 is 44.1 Å². The third kappa shape index (κ3) is 5.09. The number of nitrogens with zero attached hydrogens (tertiary/aromatic N) is 2. The van der Waals surface area contributed by atoms with Crippen LogP contribution in [-0.4, -0.2) is 35.9 Å². The van der Waals surface area contributed by atoms with E-state index in [-0.39, 0.29) is 10.6 Å². The standard InChI is InChI=1S/C21H20ClF3N4O3S/c1-29-19-10-12(20(30)28-33(31,32)14-4-5-14)2-6-15(19)17(27-29)8-9-26-18-7-3-13(11-16(18)22)21(23,24)25/h2-3,6-7,10-11,14,26H,4-5,8-9H2,1H3,(H,28,30). The van der Waals surface area contributed by atoms with Crippen LogP contribution in [0.3, 0.4) is 0 Å². The molecule has 0 saturated heterocycles. The number of nitrogens with one attached hydrogen (secondary N) is 2. The summed E-state index contributed by atoms with van der Waals surface area (Å²) < 4.78 is 66.1. The molecule has 2 aromatic carbocycles. The van der Waals surface area contributed by atoms with Gasteiger partial charge in [-0.15, -0.1) is 0 Å². The molecule has 1 heterocycles. The number of hydrogen-bond donors (Lipinski definition) is 2. The van der Waals surface area contributed by atoms with Crippen LogP contribution in [0.25, 0.3) is 10.9 Å². The molecular formula is C21H20ClF3N4O3S. The van der Waals surface area contributed by atoms with Crippen molar-refractivity contribution in [3.8, 4) is 0 Å². The lowest BCUT2D eigenvalue weighted by molar-refractivity contribution is -0.137. The molecule has 33 heavy (non-hydrogen) atoms. The van der Waals surface area contributed by atoms with Gasteiger partial charge in [0.1, 0.15) is 0 Å². The van der Waals surface area contributed by atoms with Crippen molar-refractivity contribution in [2.75, 3.05) is 11.9 Å². The van der Waals surface area contributed by atoms with Gasteiger partial charge in [0.15, 0.2) is 0 Å². The van der Waals surface area contributed by atoms with Crippen LogP contribution >= 0.6 is 11.6 Å².